The molecule has 1 heterocycles. The predicted molar refractivity (Wildman–Crippen MR) is 90.7 cm³/mol. The van der Waals surface area contributed by atoms with E-state index in [9.17, 15) is 14.7 Å². The molecule has 4 rings (SSSR count). The third-order valence-electron chi connectivity index (χ3n) is 4.53. The first-order chi connectivity index (χ1) is 11.5. The van der Waals surface area contributed by atoms with E-state index in [0.717, 1.165) is 22.0 Å². The van der Waals surface area contributed by atoms with Gasteiger partial charge in [-0.3, -0.25) is 14.6 Å². The highest BCUT2D eigenvalue weighted by Gasteiger charge is 2.40. The zero-order valence-corrected chi connectivity index (χ0v) is 13.3. The Kier molecular flexibility index (Phi) is 3.03. The van der Waals surface area contributed by atoms with Crippen LogP contribution >= 0.6 is 0 Å². The van der Waals surface area contributed by atoms with Crippen LogP contribution in [0.15, 0.2) is 42.5 Å². The fourth-order valence-corrected chi connectivity index (χ4v) is 3.42. The number of phenolic OH excluding ortho intramolecular Hbond substituents is 1. The maximum absolute atomic E-state index is 12.7. The average molecular weight is 317 g/mol. The van der Waals surface area contributed by atoms with Crippen molar-refractivity contribution in [3.05, 3.63) is 70.4 Å². The second-order valence-corrected chi connectivity index (χ2v) is 6.28. The molecule has 0 saturated carbocycles. The lowest BCUT2D eigenvalue weighted by molar-refractivity contribution is 0.0888. The smallest absolute Gasteiger partial charge is 0.180 e. The van der Waals surface area contributed by atoms with Gasteiger partial charge in [-0.1, -0.05) is 12.1 Å². The molecule has 0 fully saturated rings. The molecule has 0 saturated heterocycles. The van der Waals surface area contributed by atoms with Crippen LogP contribution in [0.3, 0.4) is 0 Å². The number of aromatic nitrogens is 1. The first-order valence-electron chi connectivity index (χ1n) is 7.75. The number of benzene rings is 2. The topological polar surface area (TPSA) is 67.3 Å². The molecule has 2 aromatic carbocycles. The minimum Gasteiger partial charge on any atom is -0.508 e. The largest absolute Gasteiger partial charge is 0.508 e. The molecule has 0 aliphatic heterocycles. The van der Waals surface area contributed by atoms with Crippen LogP contribution in [0.1, 0.15) is 43.5 Å². The Morgan fingerprint density at radius 1 is 0.917 bits per heavy atom. The Morgan fingerprint density at radius 2 is 1.67 bits per heavy atom. The summed E-state index contributed by atoms with van der Waals surface area (Å²) in [7, 11) is 0. The van der Waals surface area contributed by atoms with E-state index in [2.05, 4.69) is 11.1 Å². The summed E-state index contributed by atoms with van der Waals surface area (Å²) in [5.41, 5.74) is 4.06. The summed E-state index contributed by atoms with van der Waals surface area (Å²) in [6.45, 7) is 4.01. The number of carbonyl (C=O) groups is 2. The van der Waals surface area contributed by atoms with Crippen LogP contribution in [0, 0.1) is 13.8 Å². The molecule has 1 N–H and O–H groups in total. The number of aromatic hydroxyl groups is 1. The van der Waals surface area contributed by atoms with Crippen molar-refractivity contribution >= 4 is 22.5 Å². The number of fused-ring (bicyclic) bond motifs is 2. The maximum atomic E-state index is 12.7. The SMILES string of the molecule is Cc1cc(C)c2ccc([C@@H]3C(=O)c4ccc(O)cc4C3=O)nc2c1. The van der Waals surface area contributed by atoms with Crippen LogP contribution in [0.2, 0.25) is 0 Å². The Morgan fingerprint density at radius 3 is 2.46 bits per heavy atom. The van der Waals surface area contributed by atoms with Gasteiger partial charge in [0.25, 0.3) is 0 Å². The molecule has 0 spiro atoms. The minimum absolute atomic E-state index is 0.0201. The second kappa shape index (κ2) is 4.99. The summed E-state index contributed by atoms with van der Waals surface area (Å²) >= 11 is 0. The van der Waals surface area contributed by atoms with Crippen LogP contribution in [-0.2, 0) is 0 Å². The number of aryl methyl sites for hydroxylation is 2. The molecule has 1 atom stereocenters. The van der Waals surface area contributed by atoms with Crippen molar-refractivity contribution in [2.75, 3.05) is 0 Å². The third kappa shape index (κ3) is 2.03. The number of pyridine rings is 1. The number of Topliss-reactive ketones (excluding diaryl/α,β-unsaturated/α-hetero) is 2. The normalized spacial score (nSPS) is 16.7. The van der Waals surface area contributed by atoms with E-state index in [0.29, 0.717) is 11.3 Å². The van der Waals surface area contributed by atoms with Gasteiger partial charge < -0.3 is 5.11 Å². The van der Waals surface area contributed by atoms with Gasteiger partial charge in [0.1, 0.15) is 11.7 Å². The lowest BCUT2D eigenvalue weighted by Gasteiger charge is -2.09. The average Bonchev–Trinajstić information content (AvgIpc) is 2.77. The summed E-state index contributed by atoms with van der Waals surface area (Å²) in [5, 5.41) is 10.6. The fourth-order valence-electron chi connectivity index (χ4n) is 3.42. The fraction of sp³-hybridized carbons (Fsp3) is 0.150. The Bertz CT molecular complexity index is 1040. The number of hydrogen-bond acceptors (Lipinski definition) is 4. The second-order valence-electron chi connectivity index (χ2n) is 6.28. The first-order valence-corrected chi connectivity index (χ1v) is 7.75. The highest BCUT2D eigenvalue weighted by molar-refractivity contribution is 6.29. The zero-order valence-electron chi connectivity index (χ0n) is 13.3. The van der Waals surface area contributed by atoms with Gasteiger partial charge in [0, 0.05) is 16.5 Å². The van der Waals surface area contributed by atoms with Crippen LogP contribution in [0.5, 0.6) is 5.75 Å². The number of nitrogens with zero attached hydrogens (tertiary/aromatic N) is 1. The summed E-state index contributed by atoms with van der Waals surface area (Å²) in [6, 6.07) is 12.0. The van der Waals surface area contributed by atoms with Crippen molar-refractivity contribution in [2.24, 2.45) is 0 Å². The standard InChI is InChI=1S/C20H15NO3/c1-10-7-11(2)13-5-6-16(21-17(13)8-10)18-19(23)14-4-3-12(22)9-15(14)20(18)24/h3-9,18,22H,1-2H3/t18-/m1/s1. The molecule has 4 nitrogen and oxygen atoms in total. The van der Waals surface area contributed by atoms with E-state index in [1.54, 1.807) is 6.07 Å². The van der Waals surface area contributed by atoms with Gasteiger partial charge >= 0.3 is 0 Å². The van der Waals surface area contributed by atoms with Crippen molar-refractivity contribution in [3.63, 3.8) is 0 Å². The monoisotopic (exact) mass is 317 g/mol. The maximum Gasteiger partial charge on any atom is 0.180 e. The Labute approximate surface area is 138 Å². The highest BCUT2D eigenvalue weighted by atomic mass is 16.3. The third-order valence-corrected chi connectivity index (χ3v) is 4.53. The number of rotatable bonds is 1. The van der Waals surface area contributed by atoms with E-state index < -0.39 is 5.92 Å². The lowest BCUT2D eigenvalue weighted by atomic mass is 9.97. The van der Waals surface area contributed by atoms with Crippen LogP contribution < -0.4 is 0 Å². The molecule has 3 aromatic rings. The predicted octanol–water partition coefficient (Wildman–Crippen LogP) is 3.72. The highest BCUT2D eigenvalue weighted by Crippen LogP contribution is 2.35. The molecule has 24 heavy (non-hydrogen) atoms. The van der Waals surface area contributed by atoms with Crippen molar-refractivity contribution in [1.82, 2.24) is 4.98 Å². The molecule has 0 unspecified atom stereocenters. The van der Waals surface area contributed by atoms with Gasteiger partial charge in [-0.15, -0.1) is 0 Å². The Hall–Kier alpha value is -3.01. The molecule has 0 amide bonds. The van der Waals surface area contributed by atoms with Crippen molar-refractivity contribution in [2.45, 2.75) is 19.8 Å². The molecule has 1 aromatic heterocycles. The van der Waals surface area contributed by atoms with E-state index in [1.807, 2.05) is 26.0 Å². The summed E-state index contributed by atoms with van der Waals surface area (Å²) in [5.74, 6) is -1.51. The van der Waals surface area contributed by atoms with E-state index >= 15 is 0 Å². The molecular formula is C20H15NO3. The zero-order chi connectivity index (χ0) is 17.0. The van der Waals surface area contributed by atoms with Gasteiger partial charge in [-0.25, -0.2) is 0 Å². The van der Waals surface area contributed by atoms with Crippen LogP contribution in [-0.4, -0.2) is 21.7 Å². The van der Waals surface area contributed by atoms with Gasteiger partial charge in [0.15, 0.2) is 11.6 Å². The van der Waals surface area contributed by atoms with Gasteiger partial charge in [-0.05, 0) is 55.3 Å². The van der Waals surface area contributed by atoms with E-state index in [4.69, 9.17) is 0 Å². The number of ketones is 2. The van der Waals surface area contributed by atoms with Crippen molar-refractivity contribution in [3.8, 4) is 5.75 Å². The molecule has 1 aliphatic rings. The van der Waals surface area contributed by atoms with Crippen LogP contribution in [0.4, 0.5) is 0 Å². The molecule has 118 valence electrons. The Balaban J connectivity index is 1.87. The number of phenols is 1. The first kappa shape index (κ1) is 14.6. The lowest BCUT2D eigenvalue weighted by Crippen LogP contribution is -2.14. The summed E-state index contributed by atoms with van der Waals surface area (Å²) < 4.78 is 0. The molecule has 0 bridgehead atoms. The molecule has 0 radical (unpaired) electrons. The van der Waals surface area contributed by atoms with Crippen molar-refractivity contribution < 1.29 is 14.7 Å². The van der Waals surface area contributed by atoms with E-state index in [-0.39, 0.29) is 22.9 Å². The van der Waals surface area contributed by atoms with Gasteiger partial charge in [0.2, 0.25) is 0 Å². The van der Waals surface area contributed by atoms with E-state index in [1.165, 1.54) is 18.2 Å². The van der Waals surface area contributed by atoms with Gasteiger partial charge in [0.05, 0.1) is 11.2 Å². The number of carbonyl (C=O) groups excluding carboxylic acids is 2. The molecular weight excluding hydrogens is 302 g/mol. The molecule has 1 aliphatic carbocycles. The quantitative estimate of drug-likeness (QED) is 0.695. The van der Waals surface area contributed by atoms with Crippen molar-refractivity contribution in [1.29, 1.82) is 0 Å². The van der Waals surface area contributed by atoms with Gasteiger partial charge in [-0.2, -0.15) is 0 Å². The van der Waals surface area contributed by atoms with Crippen LogP contribution in [0.25, 0.3) is 10.9 Å². The molecule has 4 heteroatoms. The summed E-state index contributed by atoms with van der Waals surface area (Å²) in [6.07, 6.45) is 0. The number of hydrogen-bond donors (Lipinski definition) is 1. The summed E-state index contributed by atoms with van der Waals surface area (Å²) in [4.78, 5) is 29.9. The minimum atomic E-state index is -0.924.